The number of unbranched alkanes of at least 4 members (excludes halogenated alkanes) is 5. The summed E-state index contributed by atoms with van der Waals surface area (Å²) in [5.41, 5.74) is 19.1. The lowest BCUT2D eigenvalue weighted by Gasteiger charge is -2.42. The Balaban J connectivity index is 0.000000138. The number of benzene rings is 5. The second-order valence-electron chi connectivity index (χ2n) is 37.1. The Morgan fingerprint density at radius 2 is 1.31 bits per heavy atom. The van der Waals surface area contributed by atoms with Crippen molar-refractivity contribution in [1.82, 2.24) is 34.1 Å². The number of nitrogens with zero attached hydrogens (tertiary/aromatic N) is 15. The fourth-order valence-corrected chi connectivity index (χ4v) is 24.3. The molecule has 9 saturated heterocycles. The van der Waals surface area contributed by atoms with Gasteiger partial charge in [0.15, 0.2) is 34.0 Å². The van der Waals surface area contributed by atoms with Crippen LogP contribution in [0.25, 0.3) is 46.5 Å². The van der Waals surface area contributed by atoms with Gasteiger partial charge in [0.05, 0.1) is 93.7 Å². The fourth-order valence-electron chi connectivity index (χ4n) is 21.0. The third kappa shape index (κ3) is 19.7. The molecule has 0 saturated carbocycles. The van der Waals surface area contributed by atoms with E-state index in [0.29, 0.717) is 107 Å². The molecule has 718 valence electrons. The number of aromatic nitrogens is 5. The van der Waals surface area contributed by atoms with Gasteiger partial charge in [-0.15, -0.1) is 0 Å². The summed E-state index contributed by atoms with van der Waals surface area (Å²) in [6.07, 6.45) is 3.94. The molecule has 5 aromatic carbocycles. The van der Waals surface area contributed by atoms with Gasteiger partial charge >= 0.3 is 6.18 Å². The molecule has 137 heavy (non-hydrogen) atoms. The predicted molar refractivity (Wildman–Crippen MR) is 517 cm³/mol. The second-order valence-corrected chi connectivity index (χ2v) is 40.2. The number of carbonyl (C=O) groups is 3. The number of amides is 3. The Bertz CT molecular complexity index is 6540. The number of hydrogen-bond donors (Lipinski definition) is 5. The van der Waals surface area contributed by atoms with E-state index in [9.17, 15) is 60.8 Å². The number of aryl methyl sites for hydroxylation is 4. The molecule has 13 heterocycles. The number of nitrogens with two attached hydrogens (primary N) is 1. The number of halogens is 6. The molecule has 9 aromatic rings. The minimum Gasteiger partial charge on any atom is -0.395 e. The van der Waals surface area contributed by atoms with Crippen LogP contribution in [0.3, 0.4) is 0 Å². The number of alkyl halides is 3. The molecule has 13 atom stereocenters. The molecule has 0 radical (unpaired) electrons. The highest BCUT2D eigenvalue weighted by Gasteiger charge is 2.78. The van der Waals surface area contributed by atoms with E-state index in [1.54, 1.807) is 76.0 Å². The summed E-state index contributed by atoms with van der Waals surface area (Å²) in [7, 11) is -3.55. The molecule has 18 rings (SSSR count). The number of aliphatic hydroxyl groups is 4. The van der Waals surface area contributed by atoms with Gasteiger partial charge in [0.1, 0.15) is 33.9 Å². The van der Waals surface area contributed by atoms with Gasteiger partial charge in [0.25, 0.3) is 11.8 Å². The Morgan fingerprint density at radius 3 is 1.93 bits per heavy atom. The summed E-state index contributed by atoms with van der Waals surface area (Å²) in [4.78, 5) is 70.3. The van der Waals surface area contributed by atoms with E-state index in [1.807, 2.05) is 116 Å². The van der Waals surface area contributed by atoms with E-state index in [1.165, 1.54) is 60.9 Å². The van der Waals surface area contributed by atoms with Crippen molar-refractivity contribution in [1.29, 1.82) is 0 Å². The van der Waals surface area contributed by atoms with Crippen LogP contribution in [0.4, 0.5) is 63.1 Å². The van der Waals surface area contributed by atoms with Crippen molar-refractivity contribution in [3.8, 4) is 22.3 Å². The highest BCUT2D eigenvalue weighted by molar-refractivity contribution is 7.93. The van der Waals surface area contributed by atoms with E-state index < -0.39 is 80.0 Å². The average molecular weight is 1950 g/mol. The summed E-state index contributed by atoms with van der Waals surface area (Å²) in [5, 5.41) is 43.9. The molecule has 9 aliphatic heterocycles. The van der Waals surface area contributed by atoms with Crippen LogP contribution in [-0.2, 0) is 46.9 Å². The van der Waals surface area contributed by atoms with Gasteiger partial charge in [0, 0.05) is 125 Å². The molecule has 36 heteroatoms. The third-order valence-corrected chi connectivity index (χ3v) is 31.6. The number of likely N-dealkylation sites (tertiary alicyclic amines) is 1. The molecule has 6 N–H and O–H groups in total. The smallest absolute Gasteiger partial charge is 0.395 e. The van der Waals surface area contributed by atoms with Gasteiger partial charge in [0.2, 0.25) is 27.6 Å². The van der Waals surface area contributed by atoms with E-state index in [-0.39, 0.29) is 59.2 Å². The zero-order valence-electron chi connectivity index (χ0n) is 77.8. The van der Waals surface area contributed by atoms with Crippen molar-refractivity contribution in [3.63, 3.8) is 0 Å². The number of carbonyl (C=O) groups excluding carboxylic acids is 3. The number of ether oxygens (including phenoxy) is 3. The molecular formula is C101H108Cl2F4N16O12S2. The van der Waals surface area contributed by atoms with Crippen LogP contribution in [0.1, 0.15) is 170 Å². The van der Waals surface area contributed by atoms with Crippen molar-refractivity contribution >= 4 is 114 Å². The molecule has 0 aliphatic carbocycles. The van der Waals surface area contributed by atoms with Gasteiger partial charge in [-0.3, -0.25) is 38.1 Å². The van der Waals surface area contributed by atoms with Crippen molar-refractivity contribution in [2.75, 3.05) is 53.5 Å². The quantitative estimate of drug-likeness (QED) is 0.0147. The van der Waals surface area contributed by atoms with E-state index in [0.717, 1.165) is 118 Å². The van der Waals surface area contributed by atoms with Crippen LogP contribution in [0.5, 0.6) is 0 Å². The van der Waals surface area contributed by atoms with Crippen LogP contribution in [0, 0.1) is 112 Å². The maximum atomic E-state index is 13.6. The lowest BCUT2D eigenvalue weighted by atomic mass is 9.65. The number of rotatable bonds is 21. The highest BCUT2D eigenvalue weighted by atomic mass is 35.5. The monoisotopic (exact) mass is 1950 g/mol. The molecule has 4 aromatic heterocycles. The Hall–Kier alpha value is -11.6. The van der Waals surface area contributed by atoms with Gasteiger partial charge < -0.3 is 49.8 Å². The summed E-state index contributed by atoms with van der Waals surface area (Å²) in [6.45, 7) is 61.4. The fraction of sp³-hybridized carbons (Fsp3) is 0.446. The van der Waals surface area contributed by atoms with Crippen LogP contribution in [0.2, 0.25) is 10.2 Å². The van der Waals surface area contributed by atoms with Gasteiger partial charge in [-0.2, -0.15) is 22.7 Å². The summed E-state index contributed by atoms with van der Waals surface area (Å²) >= 11 is 17.7. The van der Waals surface area contributed by atoms with E-state index in [2.05, 4.69) is 49.1 Å². The second kappa shape index (κ2) is 40.8. The zero-order valence-corrected chi connectivity index (χ0v) is 80.9. The standard InChI is InChI=1S/C26H38N4O2S.C22H19ClF3N3O.C19H15ClFN5O.C19H20N2O4.C15H16N2O4S/c1-20-18-21(13-14-23(20)27-4)30-24(32)26(2,3)29(25(30)33)17-10-8-6-5-7-9-15-28-16-11-12-22(28)19-31;1-12-13(2)29(14(3)19(12)16-5-7-17(27-4)8-6-16)11-15-9-18(21(23)28-10-15)20(30)22(24,25)26;1-10-17(13-4-5-16(23-3)15(20)7-13)11(2)26(25-10)9-12-6-14(19(22)27)18(21)24-8-12;1-10-8-11(4-5-12(10)20-3)21-16(23)14-15-17(21)24-7-6-19(15)9-13(22)18(14,2)25-19;1-8-5-9(3-4-11(8)16-2)17-7-10-13-6-12(18)14(21-13)15(10)22(17,19)20/h13-14,18,22,31H,5-12,15-17,19H2,1-3H3;5-10,20,30H,11H2,1-3H3;4-8H,9H2,1-2H3,(H2,22,27);4-5,8,13-15,17,22H,6-7,9H2,1-2H3;3-5,10,12-15,18H,6-7H2,1H3/t22-;;;13-,14-,15+,17+,18-,19?;10-,12-,13?,14+,15-/m0..10/s1. The molecule has 3 amide bonds. The Kier molecular flexibility index (Phi) is 30.2. The summed E-state index contributed by atoms with van der Waals surface area (Å²) < 4.78 is 101. The first-order valence-corrected chi connectivity index (χ1v) is 48.0. The molecular weight excluding hydrogens is 1840 g/mol. The molecule has 4 bridgehead atoms. The first kappa shape index (κ1) is 101. The van der Waals surface area contributed by atoms with Crippen molar-refractivity contribution in [2.24, 2.45) is 23.5 Å². The minimum atomic E-state index is -4.83. The average Bonchev–Trinajstić information content (AvgIpc) is 1.50. The molecule has 28 nitrogen and oxygen atoms in total. The maximum absolute atomic E-state index is 13.6. The molecule has 3 unspecified atom stereocenters. The Morgan fingerprint density at radius 1 is 0.723 bits per heavy atom. The first-order chi connectivity index (χ1) is 65.0. The summed E-state index contributed by atoms with van der Waals surface area (Å²) in [5.74, 6) is -2.34. The van der Waals surface area contributed by atoms with E-state index >= 15 is 0 Å². The first-order valence-electron chi connectivity index (χ1n) is 45.3. The number of hydrogen-bond acceptors (Lipinski definition) is 17. The number of thiocarbonyl (C=S) groups is 1. The van der Waals surface area contributed by atoms with Crippen molar-refractivity contribution in [3.05, 3.63) is 262 Å². The summed E-state index contributed by atoms with van der Waals surface area (Å²) in [6, 6.07) is 31.5. The third-order valence-electron chi connectivity index (χ3n) is 28.3. The van der Waals surface area contributed by atoms with Crippen LogP contribution < -0.4 is 19.8 Å². The van der Waals surface area contributed by atoms with Gasteiger partial charge in [-0.25, -0.2) is 42.6 Å². The van der Waals surface area contributed by atoms with Crippen molar-refractivity contribution < 1.29 is 75.0 Å². The number of primary amides is 1. The topological polar surface area (TPSA) is 307 Å². The number of aliphatic hydroxyl groups excluding tert-OH is 4. The molecule has 1 spiro atoms. The number of pyridine rings is 2. The Labute approximate surface area is 810 Å². The van der Waals surface area contributed by atoms with Crippen LogP contribution in [0.15, 0.2) is 122 Å². The largest absolute Gasteiger partial charge is 0.418 e. The van der Waals surface area contributed by atoms with Crippen LogP contribution in [-0.4, -0.2) is 190 Å². The van der Waals surface area contributed by atoms with Gasteiger partial charge in [-0.05, 0) is 226 Å². The predicted octanol–water partition coefficient (Wildman–Crippen LogP) is 18.8. The maximum Gasteiger partial charge on any atom is 0.418 e. The SMILES string of the molecule is [C-]#[N+]c1ccc(-c2c(C)c(C)n(Cc3cnc(Cl)c(C(O)C(F)(F)F)c3)c2C)cc1.[C-]#[N+]c1ccc(-c2c(C)nn(Cc3cnc(F)c(C(N)=O)c3)c2C)cc1Cl.[C-]#[N+]c1ccc(N2C(=O)C(C)(C)N(CCCCCCCCN3CCC[C@H]3CO)C2=S)cc1C.[C-]#[N+]c1ccc(N2C(=O)[C@H]3[C@H]4[C@@H]2OCCC42C[C@@H](O)[C@@]3(C)O2)cc1C.[C-]#[N+]c1ccc(N2C[C@H]3C4C[C@H](O)[C@@H](O4)[C@H]3S2(=O)=O)cc1C. The zero-order chi connectivity index (χ0) is 99.1. The van der Waals surface area contributed by atoms with Gasteiger partial charge in [-0.1, -0.05) is 103 Å². The highest BCUT2D eigenvalue weighted by Crippen LogP contribution is 2.65. The van der Waals surface area contributed by atoms with Crippen LogP contribution >= 0.6 is 35.4 Å². The van der Waals surface area contributed by atoms with Crippen molar-refractivity contribution in [2.45, 2.75) is 231 Å². The number of sulfonamides is 1. The normalized spacial score (nSPS) is 24.0. The molecule has 9 fully saturated rings. The number of anilines is 3. The lowest BCUT2D eigenvalue weighted by Crippen LogP contribution is -2.53. The van der Waals surface area contributed by atoms with E-state index in [4.69, 9.17) is 88.2 Å². The minimum absolute atomic E-state index is 0.00874. The molecule has 9 aliphatic rings. The number of fused-ring (bicyclic) bond motifs is 7. The lowest BCUT2D eigenvalue weighted by molar-refractivity contribution is -0.206.